The summed E-state index contributed by atoms with van der Waals surface area (Å²) in [5.74, 6) is -0.242. The summed E-state index contributed by atoms with van der Waals surface area (Å²) in [6, 6.07) is 6.55. The molecule has 2 rings (SSSR count). The predicted octanol–water partition coefficient (Wildman–Crippen LogP) is 7.45. The molecule has 0 heterocycles. The smallest absolute Gasteiger partial charge is 0.416 e. The van der Waals surface area contributed by atoms with E-state index in [4.69, 9.17) is 65.0 Å². The van der Waals surface area contributed by atoms with Gasteiger partial charge in [0.15, 0.2) is 4.90 Å². The predicted molar refractivity (Wildman–Crippen MR) is 201 cm³/mol. The van der Waals surface area contributed by atoms with E-state index in [-0.39, 0.29) is 33.8 Å². The number of esters is 1. The average Bonchev–Trinajstić information content (AvgIpc) is 3.01. The average molecular weight is 1000 g/mol. The van der Waals surface area contributed by atoms with Crippen LogP contribution in [0.1, 0.15) is 55.5 Å². The van der Waals surface area contributed by atoms with Crippen molar-refractivity contribution < 1.29 is 69.7 Å². The molecular formula is C25H32Cl6F3NO14S5. The first kappa shape index (κ1) is 56.9. The second kappa shape index (κ2) is 25.8. The molecule has 0 N–H and O–H groups in total. The highest BCUT2D eigenvalue weighted by Gasteiger charge is 2.35. The number of nitro groups is 1. The minimum absolute atomic E-state index is 0.0297. The van der Waals surface area contributed by atoms with Crippen LogP contribution in [0.25, 0.3) is 0 Å². The van der Waals surface area contributed by atoms with Gasteiger partial charge in [-0.25, -0.2) is 46.9 Å². The number of hydrogen-bond donors (Lipinski definition) is 0. The second-order valence-electron chi connectivity index (χ2n) is 9.43. The van der Waals surface area contributed by atoms with Crippen LogP contribution in [0.2, 0.25) is 0 Å². The van der Waals surface area contributed by atoms with Crippen molar-refractivity contribution in [2.24, 2.45) is 0 Å². The molecule has 0 saturated carbocycles. The molecule has 0 aromatic heterocycles. The van der Waals surface area contributed by atoms with Crippen molar-refractivity contribution in [2.75, 3.05) is 30.2 Å². The monoisotopic (exact) mass is 997 g/mol. The van der Waals surface area contributed by atoms with Crippen LogP contribution in [0.3, 0.4) is 0 Å². The molecular weight excluding hydrogens is 968 g/mol. The van der Waals surface area contributed by atoms with Crippen molar-refractivity contribution in [1.82, 2.24) is 0 Å². The number of alkyl halides is 4. The van der Waals surface area contributed by atoms with E-state index in [0.717, 1.165) is 6.42 Å². The standard InChI is InChI=1S/C8H7ClO4S.C7H3ClF3NO4S.C4H9ClO2S.C3H6Cl2O2S.C3H7ClO2S/c1-13-8(10)6-4-2-3-5-7(6)14(9,11)12;8-17(15,16)6-2-1-4(7(9,10)11)3-5(6)12(13)14;1-2-3-4-8(5,6)7;4-2-1-3-8(5,6)7;1-2-3-7(4,5)6/h2-5H,1H3;1-3H;2-4H2,1H3;1-3H2;2-3H2,1H3. The first-order valence-electron chi connectivity index (χ1n) is 13.9. The van der Waals surface area contributed by atoms with Gasteiger partial charge in [-0.05, 0) is 43.5 Å². The fourth-order valence-corrected chi connectivity index (χ4v) is 7.87. The molecule has 0 unspecified atom stereocenters. The van der Waals surface area contributed by atoms with E-state index < -0.39 is 78.5 Å². The number of carbonyl (C=O) groups is 1. The molecule has 2 aromatic carbocycles. The third kappa shape index (κ3) is 29.8. The summed E-state index contributed by atoms with van der Waals surface area (Å²) in [5, 5.41) is 10.5. The maximum absolute atomic E-state index is 12.3. The summed E-state index contributed by atoms with van der Waals surface area (Å²) in [5.41, 5.74) is -2.60. The summed E-state index contributed by atoms with van der Waals surface area (Å²) in [6.45, 7) is 3.68. The van der Waals surface area contributed by atoms with Gasteiger partial charge >= 0.3 is 12.1 Å². The van der Waals surface area contributed by atoms with E-state index in [1.165, 1.54) is 31.4 Å². The van der Waals surface area contributed by atoms with Gasteiger partial charge < -0.3 is 4.74 Å². The van der Waals surface area contributed by atoms with E-state index in [1.807, 2.05) is 6.92 Å². The molecule has 0 bridgehead atoms. The fourth-order valence-electron chi connectivity index (χ4n) is 2.79. The second-order valence-corrected chi connectivity index (χ2v) is 23.6. The molecule has 54 heavy (non-hydrogen) atoms. The number of unbranched alkanes of at least 4 members (excludes halogenated alkanes) is 1. The Labute approximate surface area is 338 Å². The summed E-state index contributed by atoms with van der Waals surface area (Å²) in [6.07, 6.45) is -2.27. The van der Waals surface area contributed by atoms with E-state index in [2.05, 4.69) is 4.74 Å². The van der Waals surface area contributed by atoms with Gasteiger partial charge in [0.1, 0.15) is 0 Å². The van der Waals surface area contributed by atoms with Crippen LogP contribution in [0.4, 0.5) is 18.9 Å². The highest BCUT2D eigenvalue weighted by Crippen LogP contribution is 2.35. The molecule has 314 valence electrons. The van der Waals surface area contributed by atoms with Gasteiger partial charge in [-0.15, -0.1) is 11.6 Å². The van der Waals surface area contributed by atoms with Crippen molar-refractivity contribution in [3.63, 3.8) is 0 Å². The summed E-state index contributed by atoms with van der Waals surface area (Å²) < 4.78 is 146. The molecule has 0 atom stereocenters. The lowest BCUT2D eigenvalue weighted by atomic mass is 10.2. The number of carbonyl (C=O) groups excluding carboxylic acids is 1. The van der Waals surface area contributed by atoms with Crippen LogP contribution in [0.15, 0.2) is 52.3 Å². The first-order valence-corrected chi connectivity index (χ1v) is 26.5. The van der Waals surface area contributed by atoms with Gasteiger partial charge in [0.05, 0.1) is 45.3 Å². The number of rotatable bonds is 12. The minimum atomic E-state index is -4.81. The number of benzene rings is 2. The Morgan fingerprint density at radius 1 is 0.722 bits per heavy atom. The van der Waals surface area contributed by atoms with E-state index in [1.54, 1.807) is 6.92 Å². The molecule has 0 radical (unpaired) electrons. The number of nitrogens with zero attached hydrogens (tertiary/aromatic N) is 1. The van der Waals surface area contributed by atoms with Gasteiger partial charge in [0.25, 0.3) is 23.8 Å². The highest BCUT2D eigenvalue weighted by atomic mass is 35.7. The number of methoxy groups -OCH3 is 1. The van der Waals surface area contributed by atoms with Gasteiger partial charge in [0.2, 0.25) is 27.2 Å². The molecule has 0 aliphatic carbocycles. The Kier molecular flexibility index (Phi) is 27.2. The number of ether oxygens (including phenoxy) is 1. The molecule has 0 aliphatic rings. The largest absolute Gasteiger partial charge is 0.465 e. The maximum Gasteiger partial charge on any atom is 0.416 e. The van der Waals surface area contributed by atoms with E-state index >= 15 is 0 Å². The van der Waals surface area contributed by atoms with Crippen molar-refractivity contribution in [3.05, 3.63) is 63.7 Å². The van der Waals surface area contributed by atoms with Crippen LogP contribution in [-0.2, 0) is 56.2 Å². The normalized spacial score (nSPS) is 11.8. The molecule has 0 saturated heterocycles. The molecule has 0 aliphatic heterocycles. The summed E-state index contributed by atoms with van der Waals surface area (Å²) >= 11 is 5.18. The Hall–Kier alpha value is -1.41. The molecule has 0 spiro atoms. The van der Waals surface area contributed by atoms with Crippen LogP contribution in [-0.4, -0.2) is 83.2 Å². The third-order valence-corrected chi connectivity index (χ3v) is 11.9. The van der Waals surface area contributed by atoms with Crippen molar-refractivity contribution >= 4 is 122 Å². The highest BCUT2D eigenvalue weighted by molar-refractivity contribution is 8.14. The zero-order valence-corrected chi connectivity index (χ0v) is 36.4. The molecule has 0 amide bonds. The Morgan fingerprint density at radius 2 is 1.17 bits per heavy atom. The summed E-state index contributed by atoms with van der Waals surface area (Å²) in [7, 11) is 7.56. The van der Waals surface area contributed by atoms with Crippen LogP contribution in [0, 0.1) is 10.1 Å². The zero-order valence-electron chi connectivity index (χ0n) is 27.8. The van der Waals surface area contributed by atoms with Gasteiger partial charge in [-0.1, -0.05) is 32.4 Å². The Morgan fingerprint density at radius 3 is 1.44 bits per heavy atom. The topological polar surface area (TPSA) is 240 Å². The van der Waals surface area contributed by atoms with Crippen LogP contribution in [0.5, 0.6) is 0 Å². The number of nitro benzene ring substituents is 1. The molecule has 2 aromatic rings. The number of halogens is 9. The summed E-state index contributed by atoms with van der Waals surface area (Å²) in [4.78, 5) is 19.1. The van der Waals surface area contributed by atoms with Crippen LogP contribution < -0.4 is 0 Å². The minimum Gasteiger partial charge on any atom is -0.465 e. The lowest BCUT2D eigenvalue weighted by Crippen LogP contribution is -2.07. The fraction of sp³-hybridized carbons (Fsp3) is 0.480. The maximum atomic E-state index is 12.3. The quantitative estimate of drug-likeness (QED) is 0.0660. The zero-order chi connectivity index (χ0) is 43.4. The van der Waals surface area contributed by atoms with Crippen molar-refractivity contribution in [2.45, 2.75) is 55.5 Å². The van der Waals surface area contributed by atoms with Crippen molar-refractivity contribution in [1.29, 1.82) is 0 Å². The van der Waals surface area contributed by atoms with E-state index in [9.17, 15) is 70.2 Å². The first-order chi connectivity index (χ1) is 24.2. The number of hydrogen-bond acceptors (Lipinski definition) is 14. The Bertz CT molecular complexity index is 2030. The van der Waals surface area contributed by atoms with Crippen molar-refractivity contribution in [3.8, 4) is 0 Å². The lowest BCUT2D eigenvalue weighted by molar-refractivity contribution is -0.388. The third-order valence-electron chi connectivity index (χ3n) is 5.01. The Balaban J connectivity index is -0.000000633. The lowest BCUT2D eigenvalue weighted by Gasteiger charge is -2.07. The van der Waals surface area contributed by atoms with Gasteiger partial charge in [0, 0.05) is 65.4 Å². The molecule has 0 fully saturated rings. The van der Waals surface area contributed by atoms with Crippen LogP contribution >= 0.6 is 65.0 Å². The van der Waals surface area contributed by atoms with E-state index in [0.29, 0.717) is 37.3 Å². The molecule has 29 heteroatoms. The molecule has 15 nitrogen and oxygen atoms in total. The van der Waals surface area contributed by atoms with Gasteiger partial charge in [-0.3, -0.25) is 10.1 Å². The SMILES string of the molecule is CCCCS(=O)(=O)Cl.CCCS(=O)(=O)Cl.COC(=O)c1ccccc1S(=O)(=O)Cl.O=S(=O)(Cl)CCCCl.O=[N+]([O-])c1cc(C(F)(F)F)ccc1S(=O)(=O)Cl. The van der Waals surface area contributed by atoms with Gasteiger partial charge in [-0.2, -0.15) is 13.2 Å².